The van der Waals surface area contributed by atoms with Crippen LogP contribution in [0.1, 0.15) is 6.92 Å². The number of benzene rings is 1. The fraction of sp³-hybridized carbons (Fsp3) is 0.375. The first-order chi connectivity index (χ1) is 11.5. The first-order valence-corrected chi connectivity index (χ1v) is 7.71. The summed E-state index contributed by atoms with van der Waals surface area (Å²) in [4.78, 5) is 38.8. The van der Waals surface area contributed by atoms with E-state index in [1.165, 1.54) is 6.92 Å². The number of amides is 2. The summed E-state index contributed by atoms with van der Waals surface area (Å²) in [7, 11) is 0. The highest BCUT2D eigenvalue weighted by molar-refractivity contribution is 5.77. The third kappa shape index (κ3) is 3.37. The van der Waals surface area contributed by atoms with E-state index in [-0.39, 0.29) is 24.2 Å². The number of hydrogen-bond donors (Lipinski definition) is 0. The zero-order valence-electron chi connectivity index (χ0n) is 13.3. The second-order valence-corrected chi connectivity index (χ2v) is 5.58. The van der Waals surface area contributed by atoms with Gasteiger partial charge in [-0.3, -0.25) is 9.59 Å². The maximum absolute atomic E-state index is 12.3. The summed E-state index contributed by atoms with van der Waals surface area (Å²) in [6, 6.07) is 9.03. The average molecular weight is 330 g/mol. The first-order valence-electron chi connectivity index (χ1n) is 7.71. The summed E-state index contributed by atoms with van der Waals surface area (Å²) in [6.07, 6.45) is 0. The van der Waals surface area contributed by atoms with Crippen molar-refractivity contribution in [1.29, 1.82) is 0 Å². The second kappa shape index (κ2) is 6.69. The Bertz CT molecular complexity index is 788. The largest absolute Gasteiger partial charge is 0.437 e. The lowest BCUT2D eigenvalue weighted by Crippen LogP contribution is -2.51. The van der Waals surface area contributed by atoms with Crippen LogP contribution in [0.4, 0.5) is 0 Å². The van der Waals surface area contributed by atoms with Crippen molar-refractivity contribution in [3.63, 3.8) is 0 Å². The van der Waals surface area contributed by atoms with Crippen molar-refractivity contribution < 1.29 is 14.0 Å². The molecular weight excluding hydrogens is 312 g/mol. The molecule has 0 N–H and O–H groups in total. The number of hydrogen-bond acceptors (Lipinski definition) is 5. The van der Waals surface area contributed by atoms with Gasteiger partial charge in [0.1, 0.15) is 6.54 Å². The van der Waals surface area contributed by atoms with Crippen LogP contribution >= 0.6 is 0 Å². The maximum Gasteiger partial charge on any atom is 0.437 e. The van der Waals surface area contributed by atoms with Gasteiger partial charge in [0.2, 0.25) is 17.7 Å². The van der Waals surface area contributed by atoms with Crippen LogP contribution in [0.3, 0.4) is 0 Å². The third-order valence-electron chi connectivity index (χ3n) is 3.99. The summed E-state index contributed by atoms with van der Waals surface area (Å²) in [5.74, 6) is -0.685. The number of rotatable bonds is 3. The highest BCUT2D eigenvalue weighted by Gasteiger charge is 2.23. The van der Waals surface area contributed by atoms with Crippen LogP contribution in [0.15, 0.2) is 39.5 Å². The molecule has 1 aliphatic heterocycles. The van der Waals surface area contributed by atoms with Crippen molar-refractivity contribution in [2.24, 2.45) is 0 Å². The number of piperazine rings is 1. The lowest BCUT2D eigenvalue weighted by Gasteiger charge is -2.34. The Balaban J connectivity index is 1.66. The average Bonchev–Trinajstić information content (AvgIpc) is 2.96. The van der Waals surface area contributed by atoms with E-state index in [0.29, 0.717) is 31.7 Å². The Morgan fingerprint density at radius 1 is 1.08 bits per heavy atom. The van der Waals surface area contributed by atoms with Gasteiger partial charge in [0.15, 0.2) is 0 Å². The zero-order chi connectivity index (χ0) is 17.1. The molecule has 1 aromatic heterocycles. The van der Waals surface area contributed by atoms with Crippen molar-refractivity contribution in [2.75, 3.05) is 26.2 Å². The molecule has 2 aromatic rings. The molecule has 0 saturated carbocycles. The molecule has 0 atom stereocenters. The van der Waals surface area contributed by atoms with E-state index < -0.39 is 5.76 Å². The van der Waals surface area contributed by atoms with E-state index in [1.807, 2.05) is 18.2 Å². The Morgan fingerprint density at radius 2 is 1.71 bits per heavy atom. The van der Waals surface area contributed by atoms with Gasteiger partial charge in [0.25, 0.3) is 0 Å². The minimum Gasteiger partial charge on any atom is -0.388 e. The number of carbonyl (C=O) groups excluding carboxylic acids is 2. The van der Waals surface area contributed by atoms with E-state index in [9.17, 15) is 14.4 Å². The SMILES string of the molecule is CC(=O)N1CCN(C(=O)Cn2nc(-c3ccccc3)oc2=O)CC1. The lowest BCUT2D eigenvalue weighted by molar-refractivity contribution is -0.139. The van der Waals surface area contributed by atoms with Crippen molar-refractivity contribution >= 4 is 11.8 Å². The predicted molar refractivity (Wildman–Crippen MR) is 85.0 cm³/mol. The van der Waals surface area contributed by atoms with Crippen molar-refractivity contribution in [1.82, 2.24) is 19.6 Å². The van der Waals surface area contributed by atoms with Crippen molar-refractivity contribution in [3.8, 4) is 11.5 Å². The summed E-state index contributed by atoms with van der Waals surface area (Å²) < 4.78 is 6.14. The third-order valence-corrected chi connectivity index (χ3v) is 3.99. The number of nitrogens with zero attached hydrogens (tertiary/aromatic N) is 4. The molecule has 0 bridgehead atoms. The van der Waals surface area contributed by atoms with E-state index >= 15 is 0 Å². The predicted octanol–water partition coefficient (Wildman–Crippen LogP) is 0.194. The van der Waals surface area contributed by atoms with Crippen LogP contribution < -0.4 is 5.76 Å². The molecule has 1 aliphatic rings. The summed E-state index contributed by atoms with van der Waals surface area (Å²) in [6.45, 7) is 3.26. The highest BCUT2D eigenvalue weighted by atomic mass is 16.4. The molecule has 2 amide bonds. The maximum atomic E-state index is 12.3. The van der Waals surface area contributed by atoms with Crippen LogP contribution in [-0.4, -0.2) is 57.6 Å². The first kappa shape index (κ1) is 16.0. The number of aromatic nitrogens is 2. The van der Waals surface area contributed by atoms with Gasteiger partial charge in [0, 0.05) is 38.7 Å². The van der Waals surface area contributed by atoms with E-state index in [0.717, 1.165) is 4.68 Å². The molecule has 0 unspecified atom stereocenters. The summed E-state index contributed by atoms with van der Waals surface area (Å²) in [5, 5.41) is 4.08. The Labute approximate surface area is 138 Å². The smallest absolute Gasteiger partial charge is 0.388 e. The molecule has 24 heavy (non-hydrogen) atoms. The zero-order valence-corrected chi connectivity index (χ0v) is 13.3. The molecule has 0 aliphatic carbocycles. The minimum absolute atomic E-state index is 0.00215. The number of carbonyl (C=O) groups is 2. The molecule has 2 heterocycles. The van der Waals surface area contributed by atoms with E-state index in [2.05, 4.69) is 5.10 Å². The minimum atomic E-state index is -0.662. The van der Waals surface area contributed by atoms with Crippen molar-refractivity contribution in [3.05, 3.63) is 40.9 Å². The van der Waals surface area contributed by atoms with Crippen LogP contribution in [0.5, 0.6) is 0 Å². The molecule has 1 saturated heterocycles. The molecule has 0 spiro atoms. The monoisotopic (exact) mass is 330 g/mol. The standard InChI is InChI=1S/C16H18N4O4/c1-12(21)18-7-9-19(10-8-18)14(22)11-20-16(23)24-15(17-20)13-5-3-2-4-6-13/h2-6H,7-11H2,1H3. The van der Waals surface area contributed by atoms with Gasteiger partial charge in [-0.25, -0.2) is 4.79 Å². The molecular formula is C16H18N4O4. The van der Waals surface area contributed by atoms with E-state index in [1.54, 1.807) is 21.9 Å². The Morgan fingerprint density at radius 3 is 2.33 bits per heavy atom. The highest BCUT2D eigenvalue weighted by Crippen LogP contribution is 2.14. The van der Waals surface area contributed by atoms with Gasteiger partial charge in [0.05, 0.1) is 0 Å². The van der Waals surface area contributed by atoms with Crippen molar-refractivity contribution in [2.45, 2.75) is 13.5 Å². The normalized spacial score (nSPS) is 14.7. The molecule has 8 nitrogen and oxygen atoms in total. The lowest BCUT2D eigenvalue weighted by atomic mass is 10.2. The van der Waals surface area contributed by atoms with Crippen LogP contribution in [0, 0.1) is 0 Å². The second-order valence-electron chi connectivity index (χ2n) is 5.58. The summed E-state index contributed by atoms with van der Waals surface area (Å²) >= 11 is 0. The Hall–Kier alpha value is -2.90. The van der Waals surface area contributed by atoms with Crippen LogP contribution in [-0.2, 0) is 16.1 Å². The molecule has 0 radical (unpaired) electrons. The van der Waals surface area contributed by atoms with Gasteiger partial charge in [-0.2, -0.15) is 4.68 Å². The molecule has 126 valence electrons. The van der Waals surface area contributed by atoms with Crippen LogP contribution in [0.2, 0.25) is 0 Å². The fourth-order valence-electron chi connectivity index (χ4n) is 2.60. The fourth-order valence-corrected chi connectivity index (χ4v) is 2.60. The molecule has 3 rings (SSSR count). The topological polar surface area (TPSA) is 88.7 Å². The molecule has 1 fully saturated rings. The van der Waals surface area contributed by atoms with Gasteiger partial charge >= 0.3 is 5.76 Å². The van der Waals surface area contributed by atoms with Crippen LogP contribution in [0.25, 0.3) is 11.5 Å². The van der Waals surface area contributed by atoms with Gasteiger partial charge in [-0.05, 0) is 12.1 Å². The van der Waals surface area contributed by atoms with Gasteiger partial charge in [-0.1, -0.05) is 18.2 Å². The molecule has 8 heteroatoms. The quantitative estimate of drug-likeness (QED) is 0.802. The van der Waals surface area contributed by atoms with Gasteiger partial charge in [-0.15, -0.1) is 5.10 Å². The summed E-state index contributed by atoms with van der Waals surface area (Å²) in [5.41, 5.74) is 0.677. The molecule has 1 aromatic carbocycles. The van der Waals surface area contributed by atoms with E-state index in [4.69, 9.17) is 4.42 Å². The Kier molecular flexibility index (Phi) is 4.45. The van der Waals surface area contributed by atoms with Gasteiger partial charge < -0.3 is 14.2 Å².